The molecule has 1 heteroatoms. The van der Waals surface area contributed by atoms with Gasteiger partial charge in [0.05, 0.1) is 7.11 Å². The molecular weight excluding hydrogens is 184 g/mol. The molecule has 0 saturated heterocycles. The Morgan fingerprint density at radius 2 is 1.60 bits per heavy atom. The van der Waals surface area contributed by atoms with E-state index in [0.717, 1.165) is 23.5 Å². The van der Waals surface area contributed by atoms with E-state index in [2.05, 4.69) is 24.3 Å². The first-order valence-corrected chi connectivity index (χ1v) is 6.04. The Kier molecular flexibility index (Phi) is 2.19. The summed E-state index contributed by atoms with van der Waals surface area (Å²) in [5, 5.41) is 0. The van der Waals surface area contributed by atoms with Gasteiger partial charge >= 0.3 is 0 Å². The van der Waals surface area contributed by atoms with Crippen molar-refractivity contribution in [2.45, 2.75) is 31.6 Å². The second-order valence-corrected chi connectivity index (χ2v) is 4.91. The van der Waals surface area contributed by atoms with Gasteiger partial charge in [0.1, 0.15) is 5.75 Å². The third kappa shape index (κ3) is 1.54. The smallest absolute Gasteiger partial charge is 0.118 e. The van der Waals surface area contributed by atoms with E-state index in [4.69, 9.17) is 4.74 Å². The molecule has 2 aliphatic rings. The van der Waals surface area contributed by atoms with Crippen LogP contribution in [0.3, 0.4) is 0 Å². The van der Waals surface area contributed by atoms with Crippen molar-refractivity contribution < 1.29 is 4.74 Å². The first-order valence-electron chi connectivity index (χ1n) is 6.04. The topological polar surface area (TPSA) is 9.23 Å². The van der Waals surface area contributed by atoms with E-state index in [-0.39, 0.29) is 0 Å². The molecule has 0 bridgehead atoms. The summed E-state index contributed by atoms with van der Waals surface area (Å²) in [6.45, 7) is 0. The third-order valence-electron chi connectivity index (χ3n) is 4.16. The van der Waals surface area contributed by atoms with E-state index in [1.54, 1.807) is 7.11 Å². The molecule has 3 rings (SSSR count). The highest BCUT2D eigenvalue weighted by Crippen LogP contribution is 2.61. The van der Waals surface area contributed by atoms with Gasteiger partial charge in [-0.05, 0) is 48.3 Å². The Morgan fingerprint density at radius 3 is 2.13 bits per heavy atom. The molecule has 15 heavy (non-hydrogen) atoms. The highest BCUT2D eigenvalue weighted by molar-refractivity contribution is 5.34. The van der Waals surface area contributed by atoms with Crippen LogP contribution in [0, 0.1) is 11.8 Å². The van der Waals surface area contributed by atoms with E-state index in [1.807, 2.05) is 0 Å². The SMILES string of the molecule is COc1ccc(C2[C@H]3CCCC[C@@H]23)cc1. The van der Waals surface area contributed by atoms with Gasteiger partial charge in [0.2, 0.25) is 0 Å². The monoisotopic (exact) mass is 202 g/mol. The Hall–Kier alpha value is -0.980. The van der Waals surface area contributed by atoms with Crippen molar-refractivity contribution in [3.8, 4) is 5.75 Å². The minimum atomic E-state index is 0.874. The fourth-order valence-corrected chi connectivity index (χ4v) is 3.31. The zero-order chi connectivity index (χ0) is 10.3. The molecule has 1 aromatic rings. The lowest BCUT2D eigenvalue weighted by Crippen LogP contribution is -1.91. The quantitative estimate of drug-likeness (QED) is 0.712. The molecule has 0 heterocycles. The normalized spacial score (nSPS) is 33.3. The molecule has 0 N–H and O–H groups in total. The van der Waals surface area contributed by atoms with Crippen LogP contribution in [0.4, 0.5) is 0 Å². The fraction of sp³-hybridized carbons (Fsp3) is 0.571. The standard InChI is InChI=1S/C14H18O/c1-15-11-8-6-10(7-9-11)14-12-4-2-3-5-13(12)14/h6-9,12-14H,2-5H2,1H3/t12-,13+,14?. The van der Waals surface area contributed by atoms with Crippen LogP contribution < -0.4 is 4.74 Å². The van der Waals surface area contributed by atoms with Crippen molar-refractivity contribution in [3.63, 3.8) is 0 Å². The van der Waals surface area contributed by atoms with Gasteiger partial charge < -0.3 is 4.74 Å². The summed E-state index contributed by atoms with van der Waals surface area (Å²) in [4.78, 5) is 0. The fourth-order valence-electron chi connectivity index (χ4n) is 3.31. The van der Waals surface area contributed by atoms with E-state index in [0.29, 0.717) is 0 Å². The molecule has 2 saturated carbocycles. The Balaban J connectivity index is 1.77. The van der Waals surface area contributed by atoms with Gasteiger partial charge in [-0.2, -0.15) is 0 Å². The maximum atomic E-state index is 5.19. The number of hydrogen-bond donors (Lipinski definition) is 0. The van der Waals surface area contributed by atoms with Crippen LogP contribution in [0.15, 0.2) is 24.3 Å². The van der Waals surface area contributed by atoms with Crippen molar-refractivity contribution in [3.05, 3.63) is 29.8 Å². The van der Waals surface area contributed by atoms with Gasteiger partial charge in [0.15, 0.2) is 0 Å². The Bertz CT molecular complexity index is 329. The van der Waals surface area contributed by atoms with E-state index in [1.165, 1.54) is 31.2 Å². The number of hydrogen-bond acceptors (Lipinski definition) is 1. The maximum Gasteiger partial charge on any atom is 0.118 e. The molecule has 3 atom stereocenters. The summed E-state index contributed by atoms with van der Waals surface area (Å²) in [5.41, 5.74) is 1.53. The van der Waals surface area contributed by atoms with Crippen LogP contribution in [0.1, 0.15) is 37.2 Å². The van der Waals surface area contributed by atoms with E-state index >= 15 is 0 Å². The van der Waals surface area contributed by atoms with Crippen LogP contribution in [-0.4, -0.2) is 7.11 Å². The molecule has 0 aromatic heterocycles. The molecule has 1 unspecified atom stereocenters. The number of fused-ring (bicyclic) bond motifs is 1. The molecule has 0 amide bonds. The first-order chi connectivity index (χ1) is 7.40. The lowest BCUT2D eigenvalue weighted by molar-refractivity contribution is 0.414. The second-order valence-electron chi connectivity index (χ2n) is 4.91. The summed E-state index contributed by atoms with van der Waals surface area (Å²) in [5.74, 6) is 3.86. The van der Waals surface area contributed by atoms with Gasteiger partial charge in [-0.15, -0.1) is 0 Å². The summed E-state index contributed by atoms with van der Waals surface area (Å²) >= 11 is 0. The van der Waals surface area contributed by atoms with Gasteiger partial charge in [-0.3, -0.25) is 0 Å². The lowest BCUT2D eigenvalue weighted by Gasteiger charge is -2.04. The predicted molar refractivity (Wildman–Crippen MR) is 61.2 cm³/mol. The van der Waals surface area contributed by atoms with E-state index < -0.39 is 0 Å². The van der Waals surface area contributed by atoms with Crippen molar-refractivity contribution in [2.24, 2.45) is 11.8 Å². The maximum absolute atomic E-state index is 5.19. The average Bonchev–Trinajstić information content (AvgIpc) is 3.03. The first kappa shape index (κ1) is 9.26. The number of ether oxygens (including phenoxy) is 1. The van der Waals surface area contributed by atoms with E-state index in [9.17, 15) is 0 Å². The zero-order valence-electron chi connectivity index (χ0n) is 9.28. The summed E-state index contributed by atoms with van der Waals surface area (Å²) in [6, 6.07) is 8.70. The van der Waals surface area contributed by atoms with Crippen LogP contribution in [0.5, 0.6) is 5.75 Å². The highest BCUT2D eigenvalue weighted by Gasteiger charge is 2.50. The third-order valence-corrected chi connectivity index (χ3v) is 4.16. The largest absolute Gasteiger partial charge is 0.497 e. The van der Waals surface area contributed by atoms with Gasteiger partial charge in [0.25, 0.3) is 0 Å². The van der Waals surface area contributed by atoms with Gasteiger partial charge in [-0.25, -0.2) is 0 Å². The minimum Gasteiger partial charge on any atom is -0.497 e. The molecule has 2 aliphatic carbocycles. The van der Waals surface area contributed by atoms with Crippen molar-refractivity contribution in [1.29, 1.82) is 0 Å². The Labute approximate surface area is 91.5 Å². The Morgan fingerprint density at radius 1 is 1.00 bits per heavy atom. The molecule has 1 nitrogen and oxygen atoms in total. The summed E-state index contributed by atoms with van der Waals surface area (Å²) < 4.78 is 5.19. The van der Waals surface area contributed by atoms with Crippen molar-refractivity contribution >= 4 is 0 Å². The van der Waals surface area contributed by atoms with Crippen LogP contribution >= 0.6 is 0 Å². The molecule has 0 spiro atoms. The average molecular weight is 202 g/mol. The summed E-state index contributed by atoms with van der Waals surface area (Å²) in [6.07, 6.45) is 5.82. The number of benzene rings is 1. The number of methoxy groups -OCH3 is 1. The molecule has 80 valence electrons. The predicted octanol–water partition coefficient (Wildman–Crippen LogP) is 3.60. The lowest BCUT2D eigenvalue weighted by atomic mass is 10.0. The minimum absolute atomic E-state index is 0.874. The molecule has 0 radical (unpaired) electrons. The zero-order valence-corrected chi connectivity index (χ0v) is 9.28. The number of rotatable bonds is 2. The van der Waals surface area contributed by atoms with Crippen LogP contribution in [0.25, 0.3) is 0 Å². The van der Waals surface area contributed by atoms with Gasteiger partial charge in [-0.1, -0.05) is 25.0 Å². The highest BCUT2D eigenvalue weighted by atomic mass is 16.5. The van der Waals surface area contributed by atoms with Crippen LogP contribution in [-0.2, 0) is 0 Å². The molecule has 1 aromatic carbocycles. The van der Waals surface area contributed by atoms with Gasteiger partial charge in [0, 0.05) is 0 Å². The molecule has 2 fully saturated rings. The van der Waals surface area contributed by atoms with Crippen molar-refractivity contribution in [2.75, 3.05) is 7.11 Å². The van der Waals surface area contributed by atoms with Crippen LogP contribution in [0.2, 0.25) is 0 Å². The molecular formula is C14H18O. The van der Waals surface area contributed by atoms with Crippen molar-refractivity contribution in [1.82, 2.24) is 0 Å². The molecule has 0 aliphatic heterocycles. The second kappa shape index (κ2) is 3.55. The summed E-state index contributed by atoms with van der Waals surface area (Å²) in [7, 11) is 1.73.